The van der Waals surface area contributed by atoms with Crippen LogP contribution in [0.4, 0.5) is 4.79 Å². The Hall–Kier alpha value is -0.480. The van der Waals surface area contributed by atoms with Gasteiger partial charge >= 0.3 is 6.03 Å². The summed E-state index contributed by atoms with van der Waals surface area (Å²) in [6, 6.07) is 0.0930. The van der Waals surface area contributed by atoms with E-state index in [0.29, 0.717) is 0 Å². The van der Waals surface area contributed by atoms with E-state index in [1.165, 1.54) is 0 Å². The van der Waals surface area contributed by atoms with Crippen molar-refractivity contribution in [2.45, 2.75) is 19.8 Å². The van der Waals surface area contributed by atoms with Gasteiger partial charge in [0.15, 0.2) is 0 Å². The van der Waals surface area contributed by atoms with Crippen LogP contribution in [0.15, 0.2) is 0 Å². The number of halogens is 1. The summed E-state index contributed by atoms with van der Waals surface area (Å²) < 4.78 is 0. The van der Waals surface area contributed by atoms with Gasteiger partial charge in [0, 0.05) is 19.6 Å². The number of nitrogens with one attached hydrogen (secondary N) is 2. The van der Waals surface area contributed by atoms with E-state index in [0.717, 1.165) is 44.9 Å². The second kappa shape index (κ2) is 7.77. The minimum atomic E-state index is 0. The zero-order valence-electron chi connectivity index (χ0n) is 9.58. The van der Waals surface area contributed by atoms with Crippen molar-refractivity contribution in [3.05, 3.63) is 0 Å². The van der Waals surface area contributed by atoms with Crippen LogP contribution < -0.4 is 10.6 Å². The molecule has 5 heteroatoms. The van der Waals surface area contributed by atoms with Gasteiger partial charge in [-0.15, -0.1) is 12.4 Å². The first-order valence-corrected chi connectivity index (χ1v) is 5.45. The van der Waals surface area contributed by atoms with Crippen molar-refractivity contribution in [1.82, 2.24) is 15.5 Å². The topological polar surface area (TPSA) is 44.4 Å². The van der Waals surface area contributed by atoms with E-state index in [4.69, 9.17) is 0 Å². The number of nitrogens with zero attached hydrogens (tertiary/aromatic N) is 1. The Morgan fingerprint density at radius 3 is 2.47 bits per heavy atom. The molecule has 0 aliphatic carbocycles. The largest absolute Gasteiger partial charge is 0.338 e. The summed E-state index contributed by atoms with van der Waals surface area (Å²) in [4.78, 5) is 13.4. The van der Waals surface area contributed by atoms with Gasteiger partial charge in [-0.2, -0.15) is 0 Å². The van der Waals surface area contributed by atoms with Gasteiger partial charge in [-0.3, -0.25) is 0 Å². The lowest BCUT2D eigenvalue weighted by Gasteiger charge is -2.31. The average Bonchev–Trinajstić information content (AvgIpc) is 2.20. The van der Waals surface area contributed by atoms with Crippen LogP contribution in [0.1, 0.15) is 19.8 Å². The lowest BCUT2D eigenvalue weighted by molar-refractivity contribution is 0.171. The zero-order valence-corrected chi connectivity index (χ0v) is 10.4. The molecule has 0 aromatic carbocycles. The van der Waals surface area contributed by atoms with Crippen molar-refractivity contribution in [3.8, 4) is 0 Å². The Labute approximate surface area is 98.2 Å². The highest BCUT2D eigenvalue weighted by Gasteiger charge is 2.21. The van der Waals surface area contributed by atoms with E-state index >= 15 is 0 Å². The molecule has 1 rings (SSSR count). The van der Waals surface area contributed by atoms with Crippen molar-refractivity contribution in [2.24, 2.45) is 5.92 Å². The Bertz CT molecular complexity index is 182. The minimum absolute atomic E-state index is 0. The van der Waals surface area contributed by atoms with Gasteiger partial charge < -0.3 is 15.5 Å². The fraction of sp³-hybridized carbons (Fsp3) is 0.900. The molecule has 0 aromatic heterocycles. The number of likely N-dealkylation sites (tertiary alicyclic amines) is 1. The van der Waals surface area contributed by atoms with Crippen LogP contribution in [0, 0.1) is 5.92 Å². The van der Waals surface area contributed by atoms with E-state index in [9.17, 15) is 4.79 Å². The van der Waals surface area contributed by atoms with Gasteiger partial charge in [0.2, 0.25) is 0 Å². The lowest BCUT2D eigenvalue weighted by atomic mass is 9.97. The van der Waals surface area contributed by atoms with Gasteiger partial charge in [-0.05, 0) is 39.3 Å². The predicted octanol–water partition coefficient (Wildman–Crippen LogP) is 1.07. The minimum Gasteiger partial charge on any atom is -0.338 e. The quantitative estimate of drug-likeness (QED) is 0.769. The molecular weight excluding hydrogens is 214 g/mol. The van der Waals surface area contributed by atoms with E-state index in [1.807, 2.05) is 18.9 Å². The molecule has 0 unspecified atom stereocenters. The van der Waals surface area contributed by atoms with Crippen molar-refractivity contribution in [1.29, 1.82) is 0 Å². The zero-order chi connectivity index (χ0) is 10.4. The Morgan fingerprint density at radius 2 is 2.00 bits per heavy atom. The maximum absolute atomic E-state index is 11.5. The molecule has 2 amide bonds. The van der Waals surface area contributed by atoms with Gasteiger partial charge in [0.25, 0.3) is 0 Å². The van der Waals surface area contributed by atoms with E-state index < -0.39 is 0 Å². The van der Waals surface area contributed by atoms with Crippen molar-refractivity contribution in [2.75, 3.05) is 33.2 Å². The van der Waals surface area contributed by atoms with Crippen molar-refractivity contribution < 1.29 is 4.79 Å². The third kappa shape index (κ3) is 4.71. The van der Waals surface area contributed by atoms with Crippen LogP contribution in [0.25, 0.3) is 0 Å². The van der Waals surface area contributed by atoms with E-state index in [2.05, 4.69) is 10.6 Å². The Balaban J connectivity index is 0.00000196. The molecule has 0 saturated carbocycles. The van der Waals surface area contributed by atoms with Gasteiger partial charge in [0.05, 0.1) is 0 Å². The van der Waals surface area contributed by atoms with Gasteiger partial charge in [-0.1, -0.05) is 0 Å². The third-order valence-electron chi connectivity index (χ3n) is 2.72. The summed E-state index contributed by atoms with van der Waals surface area (Å²) in [5.41, 5.74) is 0. The van der Waals surface area contributed by atoms with Gasteiger partial charge in [0.1, 0.15) is 0 Å². The number of hydrogen-bond donors (Lipinski definition) is 2. The highest BCUT2D eigenvalue weighted by molar-refractivity contribution is 5.85. The summed E-state index contributed by atoms with van der Waals surface area (Å²) in [6.45, 7) is 5.54. The van der Waals surface area contributed by atoms with E-state index in [1.54, 1.807) is 0 Å². The molecule has 0 bridgehead atoms. The predicted molar refractivity (Wildman–Crippen MR) is 64.5 cm³/mol. The SMILES string of the molecule is CCNC(=O)N1CCC(CNC)CC1.Cl. The standard InChI is InChI=1S/C10H21N3O.ClH/c1-3-12-10(14)13-6-4-9(5-7-13)8-11-2;/h9,11H,3-8H2,1-2H3,(H,12,14);1H. The first-order valence-electron chi connectivity index (χ1n) is 5.45. The molecule has 0 radical (unpaired) electrons. The van der Waals surface area contributed by atoms with Crippen LogP contribution in [0.2, 0.25) is 0 Å². The average molecular weight is 236 g/mol. The molecule has 0 aromatic rings. The second-order valence-electron chi connectivity index (χ2n) is 3.82. The van der Waals surface area contributed by atoms with Gasteiger partial charge in [-0.25, -0.2) is 4.79 Å². The maximum Gasteiger partial charge on any atom is 0.317 e. The van der Waals surface area contributed by atoms with Crippen LogP contribution in [0.5, 0.6) is 0 Å². The van der Waals surface area contributed by atoms with E-state index in [-0.39, 0.29) is 18.4 Å². The summed E-state index contributed by atoms with van der Waals surface area (Å²) in [6.07, 6.45) is 2.25. The number of amides is 2. The molecule has 4 nitrogen and oxygen atoms in total. The summed E-state index contributed by atoms with van der Waals surface area (Å²) >= 11 is 0. The number of hydrogen-bond acceptors (Lipinski definition) is 2. The normalized spacial score (nSPS) is 17.1. The number of urea groups is 1. The highest BCUT2D eigenvalue weighted by atomic mass is 35.5. The van der Waals surface area contributed by atoms with Crippen LogP contribution in [-0.4, -0.2) is 44.2 Å². The molecule has 15 heavy (non-hydrogen) atoms. The van der Waals surface area contributed by atoms with Crippen LogP contribution >= 0.6 is 12.4 Å². The molecule has 90 valence electrons. The van der Waals surface area contributed by atoms with Crippen LogP contribution in [0.3, 0.4) is 0 Å². The maximum atomic E-state index is 11.5. The number of carbonyl (C=O) groups excluding carboxylic acids is 1. The first kappa shape index (κ1) is 14.5. The first-order chi connectivity index (χ1) is 6.77. The molecule has 0 atom stereocenters. The summed E-state index contributed by atoms with van der Waals surface area (Å²) in [5.74, 6) is 0.741. The molecule has 1 saturated heterocycles. The fourth-order valence-electron chi connectivity index (χ4n) is 1.89. The molecule has 1 aliphatic rings. The summed E-state index contributed by atoms with van der Waals surface area (Å²) in [5, 5.41) is 6.02. The molecular formula is C10H22ClN3O. The lowest BCUT2D eigenvalue weighted by Crippen LogP contribution is -2.45. The molecule has 1 heterocycles. The monoisotopic (exact) mass is 235 g/mol. The summed E-state index contributed by atoms with van der Waals surface area (Å²) in [7, 11) is 1.98. The van der Waals surface area contributed by atoms with Crippen LogP contribution in [-0.2, 0) is 0 Å². The van der Waals surface area contributed by atoms with Crippen molar-refractivity contribution >= 4 is 18.4 Å². The van der Waals surface area contributed by atoms with Crippen molar-refractivity contribution in [3.63, 3.8) is 0 Å². The fourth-order valence-corrected chi connectivity index (χ4v) is 1.89. The molecule has 1 aliphatic heterocycles. The number of rotatable bonds is 3. The Morgan fingerprint density at radius 1 is 1.40 bits per heavy atom. The second-order valence-corrected chi connectivity index (χ2v) is 3.82. The molecule has 1 fully saturated rings. The smallest absolute Gasteiger partial charge is 0.317 e. The Kier molecular flexibility index (Phi) is 7.52. The highest BCUT2D eigenvalue weighted by Crippen LogP contribution is 2.15. The number of carbonyl (C=O) groups is 1. The number of piperidine rings is 1. The third-order valence-corrected chi connectivity index (χ3v) is 2.72. The molecule has 0 spiro atoms. The molecule has 2 N–H and O–H groups in total.